The Hall–Kier alpha value is -1.75. The maximum Gasteiger partial charge on any atom is 0.246 e. The van der Waals surface area contributed by atoms with E-state index < -0.39 is 5.41 Å². The smallest absolute Gasteiger partial charge is 0.246 e. The summed E-state index contributed by atoms with van der Waals surface area (Å²) in [6, 6.07) is 6.44. The lowest BCUT2D eigenvalue weighted by Gasteiger charge is -2.21. The van der Waals surface area contributed by atoms with Crippen molar-refractivity contribution in [3.63, 3.8) is 0 Å². The van der Waals surface area contributed by atoms with Crippen LogP contribution >= 0.6 is 0 Å². The molecule has 0 spiro atoms. The van der Waals surface area contributed by atoms with Crippen molar-refractivity contribution in [1.29, 1.82) is 0 Å². The topological polar surface area (TPSA) is 51.0 Å². The predicted octanol–water partition coefficient (Wildman–Crippen LogP) is 3.13. The van der Waals surface area contributed by atoms with Gasteiger partial charge in [-0.25, -0.2) is 4.39 Å². The molecule has 1 aromatic carbocycles. The zero-order chi connectivity index (χ0) is 15.1. The van der Waals surface area contributed by atoms with Crippen LogP contribution in [0.3, 0.4) is 0 Å². The van der Waals surface area contributed by atoms with E-state index in [0.717, 1.165) is 24.9 Å². The Balaban J connectivity index is 1.93. The van der Waals surface area contributed by atoms with Crippen molar-refractivity contribution in [3.8, 4) is 0 Å². The van der Waals surface area contributed by atoms with Crippen LogP contribution in [0.25, 0.3) is 0 Å². The maximum absolute atomic E-state index is 13.1. The van der Waals surface area contributed by atoms with E-state index in [-0.39, 0.29) is 11.4 Å². The number of benzene rings is 1. The Morgan fingerprint density at radius 2 is 2.00 bits per heavy atom. The molecule has 1 unspecified atom stereocenters. The molecular weight excluding hydrogens is 269 g/mol. The Morgan fingerprint density at radius 1 is 1.29 bits per heavy atom. The van der Waals surface area contributed by atoms with Gasteiger partial charge in [0.05, 0.1) is 11.0 Å². The average molecular weight is 289 g/mol. The quantitative estimate of drug-likeness (QED) is 0.943. The van der Waals surface area contributed by atoms with Gasteiger partial charge in [-0.1, -0.05) is 17.3 Å². The fraction of sp³-hybridized carbons (Fsp3) is 0.500. The normalized spacial score (nSPS) is 22.7. The van der Waals surface area contributed by atoms with Crippen molar-refractivity contribution in [2.24, 2.45) is 0 Å². The van der Waals surface area contributed by atoms with E-state index >= 15 is 0 Å². The van der Waals surface area contributed by atoms with Crippen molar-refractivity contribution < 1.29 is 8.91 Å². The minimum absolute atomic E-state index is 0.232. The van der Waals surface area contributed by atoms with Crippen LogP contribution in [-0.4, -0.2) is 16.7 Å². The lowest BCUT2D eigenvalue weighted by atomic mass is 9.84. The highest BCUT2D eigenvalue weighted by molar-refractivity contribution is 5.30. The molecule has 1 N–H and O–H groups in total. The average Bonchev–Trinajstić information content (AvgIpc) is 3.09. The summed E-state index contributed by atoms with van der Waals surface area (Å²) in [6.45, 7) is 7.08. The standard InChI is InChI=1S/C16H20FN3O/c1-15(2,11-5-7-12(17)8-6-11)13-19-14(21-20-13)16(3)9-4-10-18-16/h5-8,18H,4,9-10H2,1-3H3. The second-order valence-electron chi connectivity index (χ2n) is 6.42. The molecular formula is C16H20FN3O. The van der Waals surface area contributed by atoms with Crippen LogP contribution in [0.15, 0.2) is 28.8 Å². The fourth-order valence-electron chi connectivity index (χ4n) is 2.77. The Morgan fingerprint density at radius 3 is 2.62 bits per heavy atom. The van der Waals surface area contributed by atoms with Crippen LogP contribution in [0, 0.1) is 5.82 Å². The number of aromatic nitrogens is 2. The van der Waals surface area contributed by atoms with Crippen molar-refractivity contribution in [2.75, 3.05) is 6.54 Å². The van der Waals surface area contributed by atoms with Gasteiger partial charge in [-0.3, -0.25) is 0 Å². The van der Waals surface area contributed by atoms with Crippen LogP contribution in [0.5, 0.6) is 0 Å². The Labute approximate surface area is 123 Å². The van der Waals surface area contributed by atoms with E-state index in [1.165, 1.54) is 12.1 Å². The SMILES string of the molecule is CC1(c2nc(C(C)(C)c3ccc(F)cc3)no2)CCCN1. The first-order valence-corrected chi connectivity index (χ1v) is 7.27. The molecule has 0 bridgehead atoms. The first-order chi connectivity index (χ1) is 9.92. The highest BCUT2D eigenvalue weighted by atomic mass is 19.1. The van der Waals surface area contributed by atoms with E-state index in [4.69, 9.17) is 4.52 Å². The lowest BCUT2D eigenvalue weighted by molar-refractivity contribution is 0.273. The van der Waals surface area contributed by atoms with E-state index in [1.54, 1.807) is 12.1 Å². The molecule has 1 aliphatic heterocycles. The van der Waals surface area contributed by atoms with Crippen LogP contribution in [-0.2, 0) is 11.0 Å². The third-order valence-corrected chi connectivity index (χ3v) is 4.39. The minimum atomic E-state index is -0.426. The molecule has 0 amide bonds. The molecule has 0 aliphatic carbocycles. The number of nitrogens with one attached hydrogen (secondary N) is 1. The monoisotopic (exact) mass is 289 g/mol. The molecule has 5 heteroatoms. The molecule has 1 fully saturated rings. The highest BCUT2D eigenvalue weighted by Gasteiger charge is 2.38. The minimum Gasteiger partial charge on any atom is -0.337 e. The molecule has 1 aliphatic rings. The molecule has 1 saturated heterocycles. The zero-order valence-corrected chi connectivity index (χ0v) is 12.6. The van der Waals surface area contributed by atoms with E-state index in [1.807, 2.05) is 13.8 Å². The van der Waals surface area contributed by atoms with Gasteiger partial charge in [-0.2, -0.15) is 4.98 Å². The highest BCUT2D eigenvalue weighted by Crippen LogP contribution is 2.33. The van der Waals surface area contributed by atoms with Crippen molar-refractivity contribution in [2.45, 2.75) is 44.6 Å². The number of hydrogen-bond acceptors (Lipinski definition) is 4. The molecule has 112 valence electrons. The van der Waals surface area contributed by atoms with Gasteiger partial charge in [0, 0.05) is 0 Å². The zero-order valence-electron chi connectivity index (χ0n) is 12.6. The fourth-order valence-corrected chi connectivity index (χ4v) is 2.77. The largest absolute Gasteiger partial charge is 0.337 e. The van der Waals surface area contributed by atoms with Gasteiger partial charge in [0.15, 0.2) is 5.82 Å². The molecule has 0 radical (unpaired) electrons. The van der Waals surface area contributed by atoms with Gasteiger partial charge in [0.25, 0.3) is 0 Å². The molecule has 4 nitrogen and oxygen atoms in total. The van der Waals surface area contributed by atoms with E-state index in [0.29, 0.717) is 11.7 Å². The van der Waals surface area contributed by atoms with Crippen LogP contribution in [0.4, 0.5) is 4.39 Å². The Bertz CT molecular complexity index is 627. The van der Waals surface area contributed by atoms with Crippen molar-refractivity contribution in [3.05, 3.63) is 47.4 Å². The second-order valence-corrected chi connectivity index (χ2v) is 6.42. The number of rotatable bonds is 3. The lowest BCUT2D eigenvalue weighted by Crippen LogP contribution is -2.33. The molecule has 0 saturated carbocycles. The van der Waals surface area contributed by atoms with Gasteiger partial charge < -0.3 is 9.84 Å². The molecule has 3 rings (SSSR count). The third-order valence-electron chi connectivity index (χ3n) is 4.39. The number of halogens is 1. The van der Waals surface area contributed by atoms with Crippen LogP contribution < -0.4 is 5.32 Å². The van der Waals surface area contributed by atoms with Crippen LogP contribution in [0.1, 0.15) is 50.9 Å². The maximum atomic E-state index is 13.1. The summed E-state index contributed by atoms with van der Waals surface area (Å²) in [4.78, 5) is 4.60. The Kier molecular flexibility index (Phi) is 3.32. The summed E-state index contributed by atoms with van der Waals surface area (Å²) >= 11 is 0. The van der Waals surface area contributed by atoms with Gasteiger partial charge in [-0.05, 0) is 57.9 Å². The van der Waals surface area contributed by atoms with Gasteiger partial charge >= 0.3 is 0 Å². The molecule has 2 aromatic rings. The van der Waals surface area contributed by atoms with Crippen molar-refractivity contribution in [1.82, 2.24) is 15.5 Å². The first kappa shape index (κ1) is 14.2. The molecule has 2 heterocycles. The molecule has 21 heavy (non-hydrogen) atoms. The summed E-state index contributed by atoms with van der Waals surface area (Å²) in [6.07, 6.45) is 2.10. The number of nitrogens with zero attached hydrogens (tertiary/aromatic N) is 2. The third kappa shape index (κ3) is 2.46. The summed E-state index contributed by atoms with van der Waals surface area (Å²) in [5, 5.41) is 7.57. The van der Waals surface area contributed by atoms with Crippen LogP contribution in [0.2, 0.25) is 0 Å². The predicted molar refractivity (Wildman–Crippen MR) is 77.4 cm³/mol. The summed E-state index contributed by atoms with van der Waals surface area (Å²) in [5.74, 6) is 1.01. The summed E-state index contributed by atoms with van der Waals surface area (Å²) in [5.41, 5.74) is 0.301. The molecule has 1 aromatic heterocycles. The second kappa shape index (κ2) is 4.91. The number of hydrogen-bond donors (Lipinski definition) is 1. The van der Waals surface area contributed by atoms with Gasteiger partial charge in [0.2, 0.25) is 5.89 Å². The van der Waals surface area contributed by atoms with Crippen molar-refractivity contribution >= 4 is 0 Å². The van der Waals surface area contributed by atoms with E-state index in [2.05, 4.69) is 22.4 Å². The first-order valence-electron chi connectivity index (χ1n) is 7.27. The van der Waals surface area contributed by atoms with Gasteiger partial charge in [0.1, 0.15) is 5.82 Å². The van der Waals surface area contributed by atoms with E-state index in [9.17, 15) is 4.39 Å². The summed E-state index contributed by atoms with van der Waals surface area (Å²) < 4.78 is 18.6. The summed E-state index contributed by atoms with van der Waals surface area (Å²) in [7, 11) is 0. The van der Waals surface area contributed by atoms with Gasteiger partial charge in [-0.15, -0.1) is 0 Å². The molecule has 1 atom stereocenters.